The van der Waals surface area contributed by atoms with Gasteiger partial charge in [-0.2, -0.15) is 0 Å². The van der Waals surface area contributed by atoms with Gasteiger partial charge in [0.1, 0.15) is 0 Å². The molecule has 1 rings (SSSR count). The molecule has 0 aliphatic carbocycles. The van der Waals surface area contributed by atoms with Crippen LogP contribution in [0.5, 0.6) is 5.75 Å². The lowest BCUT2D eigenvalue weighted by Gasteiger charge is -2.10. The van der Waals surface area contributed by atoms with Crippen molar-refractivity contribution in [1.82, 2.24) is 0 Å². The van der Waals surface area contributed by atoms with Crippen molar-refractivity contribution < 1.29 is 27.1 Å². The molecule has 18 heavy (non-hydrogen) atoms. The predicted octanol–water partition coefficient (Wildman–Crippen LogP) is 4.08. The fourth-order valence-electron chi connectivity index (χ4n) is 1.25. The van der Waals surface area contributed by atoms with Crippen LogP contribution in [0.15, 0.2) is 18.2 Å². The summed E-state index contributed by atoms with van der Waals surface area (Å²) in [6.07, 6.45) is -4.19. The summed E-state index contributed by atoms with van der Waals surface area (Å²) < 4.78 is 52.4. The van der Waals surface area contributed by atoms with Crippen molar-refractivity contribution in [2.24, 2.45) is 0 Å². The minimum atomic E-state index is -4.96. The van der Waals surface area contributed by atoms with E-state index >= 15 is 0 Å². The number of halogens is 5. The SMILES string of the molecule is O=C(CCCBr)c1ccc(OC(F)(F)F)c(F)c1. The fraction of sp³-hybridized carbons (Fsp3) is 0.364. The van der Waals surface area contributed by atoms with Crippen LogP contribution in [-0.2, 0) is 0 Å². The molecule has 1 aromatic carbocycles. The second kappa shape index (κ2) is 6.17. The highest BCUT2D eigenvalue weighted by Crippen LogP contribution is 2.26. The molecular formula is C11H9BrF4O2. The van der Waals surface area contributed by atoms with Crippen molar-refractivity contribution in [3.05, 3.63) is 29.6 Å². The van der Waals surface area contributed by atoms with Gasteiger partial charge in [-0.15, -0.1) is 13.2 Å². The van der Waals surface area contributed by atoms with Crippen molar-refractivity contribution >= 4 is 21.7 Å². The number of hydrogen-bond acceptors (Lipinski definition) is 2. The van der Waals surface area contributed by atoms with Crippen molar-refractivity contribution in [3.8, 4) is 5.75 Å². The van der Waals surface area contributed by atoms with Gasteiger partial charge in [0.15, 0.2) is 17.3 Å². The first-order valence-electron chi connectivity index (χ1n) is 4.98. The maximum absolute atomic E-state index is 13.3. The van der Waals surface area contributed by atoms with E-state index < -0.39 is 17.9 Å². The van der Waals surface area contributed by atoms with Gasteiger partial charge in [-0.3, -0.25) is 4.79 Å². The van der Waals surface area contributed by atoms with E-state index in [2.05, 4.69) is 20.7 Å². The fourth-order valence-corrected chi connectivity index (χ4v) is 1.53. The van der Waals surface area contributed by atoms with Gasteiger partial charge >= 0.3 is 6.36 Å². The maximum atomic E-state index is 13.3. The average molecular weight is 329 g/mol. The molecule has 100 valence electrons. The molecule has 2 nitrogen and oxygen atoms in total. The van der Waals surface area contributed by atoms with Gasteiger partial charge in [-0.05, 0) is 24.6 Å². The number of ether oxygens (including phenoxy) is 1. The first-order valence-corrected chi connectivity index (χ1v) is 6.10. The normalized spacial score (nSPS) is 11.4. The third-order valence-electron chi connectivity index (χ3n) is 2.02. The van der Waals surface area contributed by atoms with Crippen LogP contribution in [-0.4, -0.2) is 17.5 Å². The summed E-state index contributed by atoms with van der Waals surface area (Å²) in [6.45, 7) is 0. The van der Waals surface area contributed by atoms with Crippen molar-refractivity contribution in [1.29, 1.82) is 0 Å². The van der Waals surface area contributed by atoms with E-state index in [0.29, 0.717) is 11.8 Å². The Morgan fingerprint density at radius 1 is 1.33 bits per heavy atom. The molecule has 0 saturated heterocycles. The second-order valence-corrected chi connectivity index (χ2v) is 4.20. The van der Waals surface area contributed by atoms with E-state index in [9.17, 15) is 22.4 Å². The Balaban J connectivity index is 2.82. The molecule has 7 heteroatoms. The number of benzene rings is 1. The van der Waals surface area contributed by atoms with Gasteiger partial charge in [-0.25, -0.2) is 4.39 Å². The summed E-state index contributed by atoms with van der Waals surface area (Å²) in [5, 5.41) is 0.622. The van der Waals surface area contributed by atoms with Crippen LogP contribution in [0.3, 0.4) is 0 Å². The number of rotatable bonds is 5. The zero-order chi connectivity index (χ0) is 13.8. The van der Waals surface area contributed by atoms with Crippen molar-refractivity contribution in [2.45, 2.75) is 19.2 Å². The molecule has 0 unspecified atom stereocenters. The number of alkyl halides is 4. The van der Waals surface area contributed by atoms with Crippen molar-refractivity contribution in [2.75, 3.05) is 5.33 Å². The summed E-state index contributed by atoms with van der Waals surface area (Å²) >= 11 is 3.14. The van der Waals surface area contributed by atoms with Crippen LogP contribution < -0.4 is 4.74 Å². The van der Waals surface area contributed by atoms with Crippen LogP contribution >= 0.6 is 15.9 Å². The Morgan fingerprint density at radius 3 is 2.50 bits per heavy atom. The Kier molecular flexibility index (Phi) is 5.13. The van der Waals surface area contributed by atoms with E-state index in [1.54, 1.807) is 0 Å². The molecule has 0 N–H and O–H groups in total. The lowest BCUT2D eigenvalue weighted by Crippen LogP contribution is -2.18. The van der Waals surface area contributed by atoms with Crippen LogP contribution in [0.1, 0.15) is 23.2 Å². The molecule has 0 fully saturated rings. The van der Waals surface area contributed by atoms with E-state index in [1.165, 1.54) is 0 Å². The molecule has 0 aromatic heterocycles. The number of carbonyl (C=O) groups is 1. The quantitative estimate of drug-likeness (QED) is 0.462. The Labute approximate surface area is 109 Å². The predicted molar refractivity (Wildman–Crippen MR) is 60.4 cm³/mol. The largest absolute Gasteiger partial charge is 0.573 e. The van der Waals surface area contributed by atoms with E-state index in [1.807, 2.05) is 0 Å². The second-order valence-electron chi connectivity index (χ2n) is 3.41. The first-order chi connectivity index (χ1) is 8.33. The van der Waals surface area contributed by atoms with E-state index in [4.69, 9.17) is 0 Å². The van der Waals surface area contributed by atoms with Gasteiger partial charge in [0.25, 0.3) is 0 Å². The number of hydrogen-bond donors (Lipinski definition) is 0. The molecule has 0 atom stereocenters. The molecule has 0 amide bonds. The molecular weight excluding hydrogens is 320 g/mol. The zero-order valence-corrected chi connectivity index (χ0v) is 10.6. The third kappa shape index (κ3) is 4.64. The van der Waals surface area contributed by atoms with Gasteiger partial charge in [0.05, 0.1) is 0 Å². The molecule has 0 bridgehead atoms. The first kappa shape index (κ1) is 14.9. The van der Waals surface area contributed by atoms with Gasteiger partial charge in [0, 0.05) is 17.3 Å². The topological polar surface area (TPSA) is 26.3 Å². The Bertz CT molecular complexity index is 432. The summed E-state index contributed by atoms with van der Waals surface area (Å²) in [4.78, 5) is 11.5. The van der Waals surface area contributed by atoms with Gasteiger partial charge < -0.3 is 4.74 Å². The molecule has 0 aliphatic rings. The van der Waals surface area contributed by atoms with Crippen LogP contribution in [0.2, 0.25) is 0 Å². The minimum absolute atomic E-state index is 0.0305. The maximum Gasteiger partial charge on any atom is 0.573 e. The molecule has 0 saturated carbocycles. The van der Waals surface area contributed by atoms with E-state index in [-0.39, 0.29) is 17.8 Å². The van der Waals surface area contributed by atoms with Gasteiger partial charge in [-0.1, -0.05) is 15.9 Å². The number of ketones is 1. The number of Topliss-reactive ketones (excluding diaryl/α,β-unsaturated/α-hetero) is 1. The van der Waals surface area contributed by atoms with Crippen LogP contribution in [0.25, 0.3) is 0 Å². The third-order valence-corrected chi connectivity index (χ3v) is 2.58. The molecule has 0 aliphatic heterocycles. The lowest BCUT2D eigenvalue weighted by atomic mass is 10.1. The Morgan fingerprint density at radius 2 is 2.00 bits per heavy atom. The zero-order valence-electron chi connectivity index (χ0n) is 9.06. The van der Waals surface area contributed by atoms with Gasteiger partial charge in [0.2, 0.25) is 0 Å². The van der Waals surface area contributed by atoms with Crippen molar-refractivity contribution in [3.63, 3.8) is 0 Å². The summed E-state index contributed by atoms with van der Waals surface area (Å²) in [7, 11) is 0. The Hall–Kier alpha value is -1.11. The van der Waals surface area contributed by atoms with E-state index in [0.717, 1.165) is 18.2 Å². The molecule has 0 radical (unpaired) electrons. The minimum Gasteiger partial charge on any atom is -0.403 e. The summed E-state index contributed by atoms with van der Waals surface area (Å²) in [5.74, 6) is -2.48. The molecule has 0 spiro atoms. The van der Waals surface area contributed by atoms with Crippen LogP contribution in [0, 0.1) is 5.82 Å². The molecule has 0 heterocycles. The highest BCUT2D eigenvalue weighted by atomic mass is 79.9. The number of carbonyl (C=O) groups excluding carboxylic acids is 1. The monoisotopic (exact) mass is 328 g/mol. The van der Waals surface area contributed by atoms with Crippen LogP contribution in [0.4, 0.5) is 17.6 Å². The highest BCUT2D eigenvalue weighted by molar-refractivity contribution is 9.09. The highest BCUT2D eigenvalue weighted by Gasteiger charge is 2.32. The molecule has 1 aromatic rings. The smallest absolute Gasteiger partial charge is 0.403 e. The summed E-state index contributed by atoms with van der Waals surface area (Å²) in [6, 6.07) is 2.66. The average Bonchev–Trinajstić information content (AvgIpc) is 2.27. The lowest BCUT2D eigenvalue weighted by molar-refractivity contribution is -0.275. The standard InChI is InChI=1S/C11H9BrF4O2/c12-5-1-2-9(17)7-3-4-10(8(13)6-7)18-11(14,15)16/h3-4,6H,1-2,5H2. The summed E-state index contributed by atoms with van der Waals surface area (Å²) in [5.41, 5.74) is 0.0305.